The van der Waals surface area contributed by atoms with Gasteiger partial charge in [-0.15, -0.1) is 0 Å². The van der Waals surface area contributed by atoms with Gasteiger partial charge in [0.2, 0.25) is 0 Å². The Morgan fingerprint density at radius 2 is 2.16 bits per heavy atom. The number of rotatable bonds is 5. The second kappa shape index (κ2) is 6.60. The summed E-state index contributed by atoms with van der Waals surface area (Å²) in [6.45, 7) is 6.45. The van der Waals surface area contributed by atoms with E-state index in [9.17, 15) is 0 Å². The number of nitrogens with one attached hydrogen (secondary N) is 1. The highest BCUT2D eigenvalue weighted by Gasteiger charge is 2.25. The Hall–Kier alpha value is -0.770. The molecule has 0 spiro atoms. The molecular weight excluding hydrogens is 262 g/mol. The summed E-state index contributed by atoms with van der Waals surface area (Å²) in [5.74, 6) is 1.25. The lowest BCUT2D eigenvalue weighted by atomic mass is 9.85. The molecule has 0 saturated carbocycles. The van der Waals surface area contributed by atoms with Crippen molar-refractivity contribution in [2.24, 2.45) is 0 Å². The summed E-state index contributed by atoms with van der Waals surface area (Å²) in [5.41, 5.74) is 2.63. The first-order valence-corrected chi connectivity index (χ1v) is 7.22. The van der Waals surface area contributed by atoms with E-state index in [1.165, 1.54) is 11.1 Å². The van der Waals surface area contributed by atoms with Gasteiger partial charge >= 0.3 is 0 Å². The SMILES string of the molecule is CCC1NCc2cc(Cl)c(OCCOC)cc2C1C. The first kappa shape index (κ1) is 14.6. The first-order valence-electron chi connectivity index (χ1n) is 6.84. The van der Waals surface area contributed by atoms with Crippen LogP contribution in [0.4, 0.5) is 0 Å². The standard InChI is InChI=1S/C15H22ClNO2/c1-4-14-10(2)12-8-15(19-6-5-18-3)13(16)7-11(12)9-17-14/h7-8,10,14,17H,4-6,9H2,1-3H3. The summed E-state index contributed by atoms with van der Waals surface area (Å²) in [6, 6.07) is 4.65. The zero-order chi connectivity index (χ0) is 13.8. The lowest BCUT2D eigenvalue weighted by Crippen LogP contribution is -2.37. The van der Waals surface area contributed by atoms with Crippen molar-refractivity contribution in [3.05, 3.63) is 28.3 Å². The predicted octanol–water partition coefficient (Wildman–Crippen LogP) is 3.35. The maximum Gasteiger partial charge on any atom is 0.138 e. The Labute approximate surface area is 120 Å². The lowest BCUT2D eigenvalue weighted by Gasteiger charge is -2.32. The highest BCUT2D eigenvalue weighted by atomic mass is 35.5. The Kier molecular flexibility index (Phi) is 5.08. The molecule has 0 saturated heterocycles. The quantitative estimate of drug-likeness (QED) is 0.841. The molecule has 1 aromatic rings. The highest BCUT2D eigenvalue weighted by molar-refractivity contribution is 6.32. The van der Waals surface area contributed by atoms with Crippen LogP contribution in [0.5, 0.6) is 5.75 Å². The molecule has 1 heterocycles. The molecule has 3 nitrogen and oxygen atoms in total. The zero-order valence-corrected chi connectivity index (χ0v) is 12.6. The minimum atomic E-state index is 0.482. The zero-order valence-electron chi connectivity index (χ0n) is 11.8. The van der Waals surface area contributed by atoms with Gasteiger partial charge in [0.25, 0.3) is 0 Å². The number of ether oxygens (including phenoxy) is 2. The number of hydrogen-bond acceptors (Lipinski definition) is 3. The summed E-state index contributed by atoms with van der Waals surface area (Å²) >= 11 is 6.26. The van der Waals surface area contributed by atoms with Crippen LogP contribution in [-0.2, 0) is 11.3 Å². The van der Waals surface area contributed by atoms with Crippen LogP contribution >= 0.6 is 11.6 Å². The van der Waals surface area contributed by atoms with Crippen molar-refractivity contribution in [3.63, 3.8) is 0 Å². The molecule has 1 aliphatic rings. The van der Waals surface area contributed by atoms with Gasteiger partial charge in [0.1, 0.15) is 12.4 Å². The fourth-order valence-corrected chi connectivity index (χ4v) is 2.91. The monoisotopic (exact) mass is 283 g/mol. The van der Waals surface area contributed by atoms with E-state index >= 15 is 0 Å². The molecule has 1 N–H and O–H groups in total. The van der Waals surface area contributed by atoms with Crippen LogP contribution < -0.4 is 10.1 Å². The summed E-state index contributed by atoms with van der Waals surface area (Å²) in [6.07, 6.45) is 1.13. The Bertz CT molecular complexity index is 436. The van der Waals surface area contributed by atoms with Crippen LogP contribution in [0.2, 0.25) is 5.02 Å². The van der Waals surface area contributed by atoms with Crippen LogP contribution in [0.25, 0.3) is 0 Å². The van der Waals surface area contributed by atoms with Crippen LogP contribution in [0, 0.1) is 0 Å². The van der Waals surface area contributed by atoms with E-state index in [-0.39, 0.29) is 0 Å². The van der Waals surface area contributed by atoms with Crippen LogP contribution in [-0.4, -0.2) is 26.4 Å². The number of benzene rings is 1. The average Bonchev–Trinajstić information content (AvgIpc) is 2.41. The van der Waals surface area contributed by atoms with Crippen molar-refractivity contribution in [1.29, 1.82) is 0 Å². The molecule has 4 heteroatoms. The van der Waals surface area contributed by atoms with E-state index in [1.807, 2.05) is 6.07 Å². The van der Waals surface area contributed by atoms with Crippen molar-refractivity contribution in [1.82, 2.24) is 5.32 Å². The van der Waals surface area contributed by atoms with E-state index in [0.29, 0.717) is 30.2 Å². The molecule has 1 aliphatic heterocycles. The number of hydrogen-bond donors (Lipinski definition) is 1. The molecular formula is C15H22ClNO2. The minimum absolute atomic E-state index is 0.482. The minimum Gasteiger partial charge on any atom is -0.490 e. The second-order valence-electron chi connectivity index (χ2n) is 5.01. The molecule has 1 aromatic carbocycles. The molecule has 0 radical (unpaired) electrons. The Balaban J connectivity index is 2.22. The van der Waals surface area contributed by atoms with E-state index in [4.69, 9.17) is 21.1 Å². The fraction of sp³-hybridized carbons (Fsp3) is 0.600. The lowest BCUT2D eigenvalue weighted by molar-refractivity contribution is 0.146. The normalized spacial score (nSPS) is 22.1. The number of halogens is 1. The molecule has 2 atom stereocenters. The van der Waals surface area contributed by atoms with Crippen LogP contribution in [0.3, 0.4) is 0 Å². The van der Waals surface area contributed by atoms with Crippen LogP contribution in [0.1, 0.15) is 37.3 Å². The third-order valence-electron chi connectivity index (χ3n) is 3.83. The van der Waals surface area contributed by atoms with Gasteiger partial charge in [0.05, 0.1) is 11.6 Å². The molecule has 106 valence electrons. The maximum atomic E-state index is 6.26. The molecule has 19 heavy (non-hydrogen) atoms. The third-order valence-corrected chi connectivity index (χ3v) is 4.12. The molecule has 0 fully saturated rings. The van der Waals surface area contributed by atoms with Crippen molar-refractivity contribution >= 4 is 11.6 Å². The highest BCUT2D eigenvalue weighted by Crippen LogP contribution is 2.36. The largest absolute Gasteiger partial charge is 0.490 e. The van der Waals surface area contributed by atoms with Gasteiger partial charge in [-0.05, 0) is 35.6 Å². The Morgan fingerprint density at radius 1 is 1.37 bits per heavy atom. The van der Waals surface area contributed by atoms with Crippen molar-refractivity contribution in [3.8, 4) is 5.75 Å². The summed E-state index contributed by atoms with van der Waals surface area (Å²) in [4.78, 5) is 0. The van der Waals surface area contributed by atoms with Gasteiger partial charge in [0.15, 0.2) is 0 Å². The summed E-state index contributed by atoms with van der Waals surface area (Å²) in [7, 11) is 1.66. The van der Waals surface area contributed by atoms with Gasteiger partial charge in [-0.25, -0.2) is 0 Å². The van der Waals surface area contributed by atoms with E-state index in [1.54, 1.807) is 7.11 Å². The maximum absolute atomic E-state index is 6.26. The molecule has 2 rings (SSSR count). The van der Waals surface area contributed by atoms with E-state index in [2.05, 4.69) is 25.2 Å². The van der Waals surface area contributed by atoms with Gasteiger partial charge < -0.3 is 14.8 Å². The molecule has 0 aromatic heterocycles. The van der Waals surface area contributed by atoms with Crippen LogP contribution in [0.15, 0.2) is 12.1 Å². The topological polar surface area (TPSA) is 30.5 Å². The molecule has 0 bridgehead atoms. The van der Waals surface area contributed by atoms with Gasteiger partial charge in [0, 0.05) is 19.7 Å². The van der Waals surface area contributed by atoms with Gasteiger partial charge in [-0.3, -0.25) is 0 Å². The van der Waals surface area contributed by atoms with Gasteiger partial charge in [-0.1, -0.05) is 25.4 Å². The number of fused-ring (bicyclic) bond motifs is 1. The average molecular weight is 284 g/mol. The van der Waals surface area contributed by atoms with Crippen molar-refractivity contribution < 1.29 is 9.47 Å². The first-order chi connectivity index (χ1) is 9.17. The number of methoxy groups -OCH3 is 1. The molecule has 2 unspecified atom stereocenters. The van der Waals surface area contributed by atoms with Gasteiger partial charge in [-0.2, -0.15) is 0 Å². The van der Waals surface area contributed by atoms with Crippen molar-refractivity contribution in [2.75, 3.05) is 20.3 Å². The third kappa shape index (κ3) is 3.22. The molecule has 0 amide bonds. The summed E-state index contributed by atoms with van der Waals surface area (Å²) in [5, 5.41) is 4.23. The van der Waals surface area contributed by atoms with E-state index < -0.39 is 0 Å². The predicted molar refractivity (Wildman–Crippen MR) is 78.2 cm³/mol. The van der Waals surface area contributed by atoms with E-state index in [0.717, 1.165) is 18.7 Å². The summed E-state index contributed by atoms with van der Waals surface area (Å²) < 4.78 is 10.7. The smallest absolute Gasteiger partial charge is 0.138 e. The molecule has 0 aliphatic carbocycles. The second-order valence-corrected chi connectivity index (χ2v) is 5.41. The fourth-order valence-electron chi connectivity index (χ4n) is 2.67. The Morgan fingerprint density at radius 3 is 2.84 bits per heavy atom. The van der Waals surface area contributed by atoms with Crippen molar-refractivity contribution in [2.45, 2.75) is 38.8 Å².